The van der Waals surface area contributed by atoms with Crippen LogP contribution in [0.25, 0.3) is 0 Å². The van der Waals surface area contributed by atoms with Gasteiger partial charge in [0.2, 0.25) is 0 Å². The molecule has 0 bridgehead atoms. The molecule has 0 aromatic heterocycles. The first-order valence-corrected chi connectivity index (χ1v) is 5.51. The summed E-state index contributed by atoms with van der Waals surface area (Å²) < 4.78 is 0. The van der Waals surface area contributed by atoms with E-state index in [1.54, 1.807) is 0 Å². The van der Waals surface area contributed by atoms with Gasteiger partial charge in [-0.15, -0.1) is 0 Å². The minimum Gasteiger partial charge on any atom is -0.504 e. The van der Waals surface area contributed by atoms with Crippen LogP contribution in [0.5, 0.6) is 11.5 Å². The van der Waals surface area contributed by atoms with Crippen molar-refractivity contribution in [2.75, 3.05) is 5.73 Å². The van der Waals surface area contributed by atoms with Crippen molar-refractivity contribution >= 4 is 5.69 Å². The number of nitrogen functional groups attached to an aromatic ring is 1. The van der Waals surface area contributed by atoms with Crippen LogP contribution in [0.4, 0.5) is 5.69 Å². The first-order valence-electron chi connectivity index (χ1n) is 5.51. The Morgan fingerprint density at radius 2 is 1.62 bits per heavy atom. The lowest BCUT2D eigenvalue weighted by Crippen LogP contribution is -2.13. The number of nitrogens with two attached hydrogens (primary N) is 1. The molecule has 1 rings (SSSR count). The smallest absolute Gasteiger partial charge is 0.181 e. The molecule has 0 unspecified atom stereocenters. The van der Waals surface area contributed by atoms with Gasteiger partial charge in [-0.1, -0.05) is 34.6 Å². The molecule has 0 fully saturated rings. The topological polar surface area (TPSA) is 66.5 Å². The van der Waals surface area contributed by atoms with Gasteiger partial charge in [-0.2, -0.15) is 0 Å². The first-order chi connectivity index (χ1) is 7.16. The lowest BCUT2D eigenvalue weighted by atomic mass is 9.83. The van der Waals surface area contributed by atoms with Gasteiger partial charge in [-0.3, -0.25) is 0 Å². The van der Waals surface area contributed by atoms with Gasteiger partial charge in [0.15, 0.2) is 11.5 Å². The Morgan fingerprint density at radius 3 is 2.00 bits per heavy atom. The van der Waals surface area contributed by atoms with Gasteiger partial charge in [0, 0.05) is 5.56 Å². The summed E-state index contributed by atoms with van der Waals surface area (Å²) in [4.78, 5) is 0. The van der Waals surface area contributed by atoms with Gasteiger partial charge < -0.3 is 15.9 Å². The Labute approximate surface area is 96.9 Å². The summed E-state index contributed by atoms with van der Waals surface area (Å²) in [7, 11) is 0. The van der Waals surface area contributed by atoms with Gasteiger partial charge in [-0.25, -0.2) is 0 Å². The summed E-state index contributed by atoms with van der Waals surface area (Å²) in [5.74, 6) is -0.0851. The second-order valence-corrected chi connectivity index (χ2v) is 5.53. The van der Waals surface area contributed by atoms with Gasteiger partial charge in [-0.05, 0) is 23.0 Å². The van der Waals surface area contributed by atoms with Gasteiger partial charge in [0.05, 0.1) is 5.69 Å². The maximum atomic E-state index is 9.89. The molecule has 0 saturated carbocycles. The highest BCUT2D eigenvalue weighted by molar-refractivity contribution is 5.68. The molecule has 0 atom stereocenters. The minimum absolute atomic E-state index is 0.102. The number of phenols is 2. The van der Waals surface area contributed by atoms with Gasteiger partial charge in [0.1, 0.15) is 0 Å². The molecule has 0 amide bonds. The predicted octanol–water partition coefficient (Wildman–Crippen LogP) is 3.10. The van der Waals surface area contributed by atoms with Crippen molar-refractivity contribution in [3.8, 4) is 11.5 Å². The molecule has 4 N–H and O–H groups in total. The van der Waals surface area contributed by atoms with Gasteiger partial charge >= 0.3 is 0 Å². The molecule has 0 aliphatic carbocycles. The highest BCUT2D eigenvalue weighted by Gasteiger charge is 2.24. The molecule has 1 aromatic carbocycles. The zero-order chi connectivity index (χ0) is 12.7. The van der Waals surface area contributed by atoms with Crippen molar-refractivity contribution in [1.82, 2.24) is 0 Å². The van der Waals surface area contributed by atoms with Crippen molar-refractivity contribution in [3.63, 3.8) is 0 Å². The molecule has 1 aromatic rings. The SMILES string of the molecule is CC(C)c1cc(C(C)(C)C)c(O)c(O)c1N. The molecule has 0 spiro atoms. The number of hydrogen-bond acceptors (Lipinski definition) is 3. The second kappa shape index (κ2) is 3.89. The van der Waals surface area contributed by atoms with E-state index in [0.29, 0.717) is 0 Å². The maximum absolute atomic E-state index is 9.89. The average Bonchev–Trinajstić information content (AvgIpc) is 2.11. The molecule has 0 heterocycles. The Balaban J connectivity index is 3.54. The van der Waals surface area contributed by atoms with Crippen molar-refractivity contribution in [3.05, 3.63) is 17.2 Å². The average molecular weight is 223 g/mol. The summed E-state index contributed by atoms with van der Waals surface area (Å²) in [5.41, 5.74) is 7.44. The van der Waals surface area contributed by atoms with Crippen LogP contribution < -0.4 is 5.73 Å². The fourth-order valence-electron chi connectivity index (χ4n) is 1.74. The fourth-order valence-corrected chi connectivity index (χ4v) is 1.74. The van der Waals surface area contributed by atoms with Crippen LogP contribution in [0.2, 0.25) is 0 Å². The highest BCUT2D eigenvalue weighted by atomic mass is 16.3. The van der Waals surface area contributed by atoms with Crippen LogP contribution >= 0.6 is 0 Å². The molecular weight excluding hydrogens is 202 g/mol. The lowest BCUT2D eigenvalue weighted by molar-refractivity contribution is 0.390. The van der Waals surface area contributed by atoms with Crippen LogP contribution in [0.15, 0.2) is 6.07 Å². The van der Waals surface area contributed by atoms with E-state index in [1.807, 2.05) is 40.7 Å². The van der Waals surface area contributed by atoms with Crippen LogP contribution in [0.3, 0.4) is 0 Å². The Hall–Kier alpha value is -1.38. The van der Waals surface area contributed by atoms with Crippen molar-refractivity contribution in [2.24, 2.45) is 0 Å². The number of benzene rings is 1. The van der Waals surface area contributed by atoms with Crippen LogP contribution in [-0.4, -0.2) is 10.2 Å². The van der Waals surface area contributed by atoms with Crippen molar-refractivity contribution in [2.45, 2.75) is 46.0 Å². The van der Waals surface area contributed by atoms with Crippen molar-refractivity contribution in [1.29, 1.82) is 0 Å². The quantitative estimate of drug-likeness (QED) is 0.506. The standard InChI is InChI=1S/C13H21NO2/c1-7(2)8-6-9(13(3,4)5)11(15)12(16)10(8)14/h6-7,15-16H,14H2,1-5H3. The van der Waals surface area contributed by atoms with E-state index in [4.69, 9.17) is 5.73 Å². The summed E-state index contributed by atoms with van der Waals surface area (Å²) in [6.07, 6.45) is 0. The Bertz CT molecular complexity index is 403. The molecule has 90 valence electrons. The maximum Gasteiger partial charge on any atom is 0.181 e. The van der Waals surface area contributed by atoms with E-state index < -0.39 is 0 Å². The van der Waals surface area contributed by atoms with Crippen LogP contribution in [0.1, 0.15) is 51.7 Å². The lowest BCUT2D eigenvalue weighted by Gasteiger charge is -2.24. The third-order valence-electron chi connectivity index (χ3n) is 2.78. The third kappa shape index (κ3) is 2.08. The number of aromatic hydroxyl groups is 2. The summed E-state index contributed by atoms with van der Waals surface area (Å²) in [6, 6.07) is 1.88. The van der Waals surface area contributed by atoms with Crippen LogP contribution in [0, 0.1) is 0 Å². The molecule has 3 heteroatoms. The zero-order valence-electron chi connectivity index (χ0n) is 10.6. The number of rotatable bonds is 1. The molecule has 0 radical (unpaired) electrons. The summed E-state index contributed by atoms with van der Waals surface area (Å²) in [6.45, 7) is 9.98. The van der Waals surface area contributed by atoms with E-state index in [1.165, 1.54) is 0 Å². The van der Waals surface area contributed by atoms with E-state index >= 15 is 0 Å². The zero-order valence-corrected chi connectivity index (χ0v) is 10.6. The molecule has 0 saturated heterocycles. The minimum atomic E-state index is -0.223. The number of phenolic OH excluding ortho intramolecular Hbond substituents is 2. The first kappa shape index (κ1) is 12.7. The Kier molecular flexibility index (Phi) is 3.08. The second-order valence-electron chi connectivity index (χ2n) is 5.53. The molecular formula is C13H21NO2. The van der Waals surface area contributed by atoms with Crippen molar-refractivity contribution < 1.29 is 10.2 Å². The number of anilines is 1. The monoisotopic (exact) mass is 223 g/mol. The summed E-state index contributed by atoms with van der Waals surface area (Å²) in [5, 5.41) is 19.7. The molecule has 0 aliphatic heterocycles. The van der Waals surface area contributed by atoms with E-state index in [0.717, 1.165) is 11.1 Å². The highest BCUT2D eigenvalue weighted by Crippen LogP contribution is 2.44. The summed E-state index contributed by atoms with van der Waals surface area (Å²) >= 11 is 0. The fraction of sp³-hybridized carbons (Fsp3) is 0.538. The normalized spacial score (nSPS) is 12.1. The number of hydrogen-bond donors (Lipinski definition) is 3. The molecule has 0 aliphatic rings. The van der Waals surface area contributed by atoms with E-state index in [2.05, 4.69) is 0 Å². The van der Waals surface area contributed by atoms with Gasteiger partial charge in [0.25, 0.3) is 0 Å². The molecule has 3 nitrogen and oxygen atoms in total. The van der Waals surface area contributed by atoms with E-state index in [9.17, 15) is 10.2 Å². The molecule has 16 heavy (non-hydrogen) atoms. The predicted molar refractivity (Wildman–Crippen MR) is 67.0 cm³/mol. The third-order valence-corrected chi connectivity index (χ3v) is 2.78. The van der Waals surface area contributed by atoms with Crippen LogP contribution in [-0.2, 0) is 5.41 Å². The largest absolute Gasteiger partial charge is 0.504 e. The van der Waals surface area contributed by atoms with E-state index in [-0.39, 0.29) is 28.5 Å². The Morgan fingerprint density at radius 1 is 1.12 bits per heavy atom.